The third-order valence-electron chi connectivity index (χ3n) is 2.11. The molecule has 3 nitrogen and oxygen atoms in total. The van der Waals surface area contributed by atoms with Gasteiger partial charge in [-0.3, -0.25) is 0 Å². The standard InChI is InChI=1S/C10H7F4NO2S/c11-8-1-3-9(4-2-8)18(16,17)6-7(5-15)10(12,13)14/h1-4,7H,6H2. The molecule has 0 aliphatic carbocycles. The lowest BCUT2D eigenvalue weighted by Crippen LogP contribution is -2.28. The molecule has 1 atom stereocenters. The molecule has 0 spiro atoms. The van der Waals surface area contributed by atoms with Gasteiger partial charge in [0.2, 0.25) is 0 Å². The van der Waals surface area contributed by atoms with Gasteiger partial charge in [0.05, 0.1) is 16.7 Å². The summed E-state index contributed by atoms with van der Waals surface area (Å²) in [5.41, 5.74) is 0. The SMILES string of the molecule is N#CC(CS(=O)(=O)c1ccc(F)cc1)C(F)(F)F. The maximum atomic E-state index is 12.6. The number of nitriles is 1. The summed E-state index contributed by atoms with van der Waals surface area (Å²) in [5, 5.41) is 8.32. The molecule has 1 unspecified atom stereocenters. The van der Waals surface area contributed by atoms with Crippen molar-refractivity contribution < 1.29 is 26.0 Å². The molecule has 0 saturated heterocycles. The second-order valence-corrected chi connectivity index (χ2v) is 5.49. The summed E-state index contributed by atoms with van der Waals surface area (Å²) < 4.78 is 72.6. The van der Waals surface area contributed by atoms with Gasteiger partial charge in [0.1, 0.15) is 5.82 Å². The maximum absolute atomic E-state index is 12.6. The summed E-state index contributed by atoms with van der Waals surface area (Å²) in [6, 6.07) is 4.26. The van der Waals surface area contributed by atoms with Gasteiger partial charge in [-0.15, -0.1) is 0 Å². The third kappa shape index (κ3) is 3.43. The van der Waals surface area contributed by atoms with Gasteiger partial charge in [0.25, 0.3) is 0 Å². The van der Waals surface area contributed by atoms with Gasteiger partial charge in [-0.05, 0) is 24.3 Å². The van der Waals surface area contributed by atoms with E-state index in [2.05, 4.69) is 0 Å². The lowest BCUT2D eigenvalue weighted by Gasteiger charge is -2.13. The molecule has 0 aliphatic rings. The summed E-state index contributed by atoms with van der Waals surface area (Å²) in [6.07, 6.45) is -4.91. The van der Waals surface area contributed by atoms with Crippen LogP contribution in [0.5, 0.6) is 0 Å². The molecule has 0 bridgehead atoms. The van der Waals surface area contributed by atoms with Crippen molar-refractivity contribution in [3.05, 3.63) is 30.1 Å². The van der Waals surface area contributed by atoms with Crippen LogP contribution in [0, 0.1) is 23.1 Å². The van der Waals surface area contributed by atoms with Gasteiger partial charge in [0.15, 0.2) is 15.8 Å². The minimum Gasteiger partial charge on any atom is -0.224 e. The zero-order chi connectivity index (χ0) is 14.0. The Morgan fingerprint density at radius 2 is 1.72 bits per heavy atom. The van der Waals surface area contributed by atoms with Crippen LogP contribution < -0.4 is 0 Å². The van der Waals surface area contributed by atoms with Crippen molar-refractivity contribution >= 4 is 9.84 Å². The third-order valence-corrected chi connectivity index (χ3v) is 3.87. The highest BCUT2D eigenvalue weighted by molar-refractivity contribution is 7.91. The molecule has 0 aromatic heterocycles. The van der Waals surface area contributed by atoms with Crippen LogP contribution in [0.15, 0.2) is 29.2 Å². The van der Waals surface area contributed by atoms with E-state index in [1.54, 1.807) is 0 Å². The molecule has 0 fully saturated rings. The summed E-state index contributed by atoms with van der Waals surface area (Å²) in [6.45, 7) is 0. The largest absolute Gasteiger partial charge is 0.405 e. The van der Waals surface area contributed by atoms with E-state index in [1.165, 1.54) is 0 Å². The van der Waals surface area contributed by atoms with Gasteiger partial charge < -0.3 is 0 Å². The van der Waals surface area contributed by atoms with Crippen molar-refractivity contribution in [2.75, 3.05) is 5.75 Å². The van der Waals surface area contributed by atoms with Gasteiger partial charge in [-0.25, -0.2) is 12.8 Å². The molecule has 0 N–H and O–H groups in total. The molecule has 0 radical (unpaired) electrons. The number of hydrogen-bond acceptors (Lipinski definition) is 3. The van der Waals surface area contributed by atoms with Gasteiger partial charge in [-0.2, -0.15) is 18.4 Å². The zero-order valence-electron chi connectivity index (χ0n) is 8.78. The number of alkyl halides is 3. The van der Waals surface area contributed by atoms with Crippen molar-refractivity contribution in [3.63, 3.8) is 0 Å². The van der Waals surface area contributed by atoms with Gasteiger partial charge in [-0.1, -0.05) is 0 Å². The van der Waals surface area contributed by atoms with Crippen LogP contribution in [0.2, 0.25) is 0 Å². The summed E-state index contributed by atoms with van der Waals surface area (Å²) >= 11 is 0. The summed E-state index contributed by atoms with van der Waals surface area (Å²) in [7, 11) is -4.28. The Morgan fingerprint density at radius 1 is 1.22 bits per heavy atom. The number of hydrogen-bond donors (Lipinski definition) is 0. The number of rotatable bonds is 3. The first-order chi connectivity index (χ1) is 8.16. The Kier molecular flexibility index (Phi) is 3.96. The molecule has 0 saturated carbocycles. The predicted molar refractivity (Wildman–Crippen MR) is 53.6 cm³/mol. The molecule has 1 aromatic carbocycles. The van der Waals surface area contributed by atoms with Crippen LogP contribution in [-0.2, 0) is 9.84 Å². The minimum atomic E-state index is -4.91. The number of halogens is 4. The van der Waals surface area contributed by atoms with E-state index in [-0.39, 0.29) is 0 Å². The van der Waals surface area contributed by atoms with Crippen molar-refractivity contribution in [1.29, 1.82) is 5.26 Å². The lowest BCUT2D eigenvalue weighted by atomic mass is 10.2. The minimum absolute atomic E-state index is 0.451. The molecular formula is C10H7F4NO2S. The molecule has 0 heterocycles. The van der Waals surface area contributed by atoms with E-state index >= 15 is 0 Å². The first kappa shape index (κ1) is 14.4. The first-order valence-electron chi connectivity index (χ1n) is 4.61. The normalized spacial score (nSPS) is 13.9. The van der Waals surface area contributed by atoms with E-state index in [1.807, 2.05) is 0 Å². The lowest BCUT2D eigenvalue weighted by molar-refractivity contribution is -0.153. The molecule has 1 rings (SSSR count). The van der Waals surface area contributed by atoms with Crippen LogP contribution in [0.1, 0.15) is 0 Å². The van der Waals surface area contributed by atoms with E-state index in [0.717, 1.165) is 30.3 Å². The van der Waals surface area contributed by atoms with Crippen molar-refractivity contribution in [2.24, 2.45) is 5.92 Å². The summed E-state index contributed by atoms with van der Waals surface area (Å²) in [4.78, 5) is -0.451. The van der Waals surface area contributed by atoms with Crippen LogP contribution in [0.4, 0.5) is 17.6 Å². The fourth-order valence-corrected chi connectivity index (χ4v) is 2.61. The van der Waals surface area contributed by atoms with Gasteiger partial charge >= 0.3 is 6.18 Å². The van der Waals surface area contributed by atoms with Crippen LogP contribution in [0.25, 0.3) is 0 Å². The second kappa shape index (κ2) is 4.94. The van der Waals surface area contributed by atoms with Crippen molar-refractivity contribution in [2.45, 2.75) is 11.1 Å². The molecule has 1 aromatic rings. The van der Waals surface area contributed by atoms with E-state index < -0.39 is 38.4 Å². The molecular weight excluding hydrogens is 274 g/mol. The van der Waals surface area contributed by atoms with E-state index in [9.17, 15) is 26.0 Å². The highest BCUT2D eigenvalue weighted by Gasteiger charge is 2.43. The Hall–Kier alpha value is -1.62. The van der Waals surface area contributed by atoms with Crippen LogP contribution >= 0.6 is 0 Å². The number of nitrogens with zero attached hydrogens (tertiary/aromatic N) is 1. The summed E-state index contributed by atoms with van der Waals surface area (Å²) in [5.74, 6) is -4.69. The topological polar surface area (TPSA) is 57.9 Å². The Balaban J connectivity index is 3.03. The maximum Gasteiger partial charge on any atom is 0.405 e. The van der Waals surface area contributed by atoms with Crippen molar-refractivity contribution in [3.8, 4) is 6.07 Å². The molecule has 98 valence electrons. The number of benzene rings is 1. The Bertz CT molecular complexity index is 557. The van der Waals surface area contributed by atoms with Crippen LogP contribution in [0.3, 0.4) is 0 Å². The number of sulfone groups is 1. The molecule has 0 aliphatic heterocycles. The monoisotopic (exact) mass is 281 g/mol. The molecule has 0 amide bonds. The second-order valence-electron chi connectivity index (χ2n) is 3.46. The molecule has 18 heavy (non-hydrogen) atoms. The zero-order valence-corrected chi connectivity index (χ0v) is 9.59. The highest BCUT2D eigenvalue weighted by Crippen LogP contribution is 2.28. The average molecular weight is 281 g/mol. The molecule has 8 heteroatoms. The quantitative estimate of drug-likeness (QED) is 0.631. The van der Waals surface area contributed by atoms with Gasteiger partial charge in [0, 0.05) is 0 Å². The highest BCUT2D eigenvalue weighted by atomic mass is 32.2. The average Bonchev–Trinajstić information content (AvgIpc) is 2.25. The van der Waals surface area contributed by atoms with Crippen LogP contribution in [-0.4, -0.2) is 20.3 Å². The van der Waals surface area contributed by atoms with E-state index in [0.29, 0.717) is 0 Å². The van der Waals surface area contributed by atoms with Crippen molar-refractivity contribution in [1.82, 2.24) is 0 Å². The smallest absolute Gasteiger partial charge is 0.224 e. The Morgan fingerprint density at radius 3 is 2.11 bits per heavy atom. The fourth-order valence-electron chi connectivity index (χ4n) is 1.16. The Labute approximate surface area is 101 Å². The fraction of sp³-hybridized carbons (Fsp3) is 0.300. The van der Waals surface area contributed by atoms with E-state index in [4.69, 9.17) is 5.26 Å². The predicted octanol–water partition coefficient (Wildman–Crippen LogP) is 2.30. The first-order valence-corrected chi connectivity index (χ1v) is 6.26.